The zero-order chi connectivity index (χ0) is 20.4. The number of fused-ring (bicyclic) bond motifs is 1. The summed E-state index contributed by atoms with van der Waals surface area (Å²) in [5, 5.41) is 3.12. The Bertz CT molecular complexity index is 841. The third kappa shape index (κ3) is 2.82. The minimum atomic E-state index is -0.535. The van der Waals surface area contributed by atoms with Crippen LogP contribution in [0.2, 0.25) is 0 Å². The van der Waals surface area contributed by atoms with E-state index in [9.17, 15) is 9.59 Å². The van der Waals surface area contributed by atoms with E-state index in [2.05, 4.69) is 43.1 Å². The van der Waals surface area contributed by atoms with Gasteiger partial charge in [0.1, 0.15) is 5.60 Å². The predicted octanol–water partition coefficient (Wildman–Crippen LogP) is 3.84. The molecule has 28 heavy (non-hydrogen) atoms. The van der Waals surface area contributed by atoms with Gasteiger partial charge in [0.05, 0.1) is 5.54 Å². The summed E-state index contributed by atoms with van der Waals surface area (Å²) in [4.78, 5) is 27.5. The van der Waals surface area contributed by atoms with E-state index in [-0.39, 0.29) is 35.4 Å². The van der Waals surface area contributed by atoms with Crippen molar-refractivity contribution in [2.24, 2.45) is 11.8 Å². The van der Waals surface area contributed by atoms with Gasteiger partial charge in [-0.3, -0.25) is 4.79 Å². The van der Waals surface area contributed by atoms with Crippen molar-refractivity contribution in [2.75, 3.05) is 6.54 Å². The normalized spacial score (nSPS) is 31.3. The van der Waals surface area contributed by atoms with Crippen LogP contribution in [0.25, 0.3) is 0 Å². The lowest BCUT2D eigenvalue weighted by atomic mass is 9.74. The fraction of sp³-hybridized carbons (Fsp3) is 0.652. The van der Waals surface area contributed by atoms with Crippen LogP contribution in [0, 0.1) is 25.7 Å². The number of rotatable bonds is 1. The quantitative estimate of drug-likeness (QED) is 0.800. The van der Waals surface area contributed by atoms with Crippen molar-refractivity contribution in [1.29, 1.82) is 0 Å². The van der Waals surface area contributed by atoms with Gasteiger partial charge in [0.15, 0.2) is 0 Å². The van der Waals surface area contributed by atoms with Crippen LogP contribution < -0.4 is 5.32 Å². The highest BCUT2D eigenvalue weighted by Gasteiger charge is 2.63. The molecule has 1 saturated heterocycles. The largest absolute Gasteiger partial charge is 0.444 e. The molecule has 2 amide bonds. The third-order valence-electron chi connectivity index (χ3n) is 6.94. The molecular formula is C23H32N2O3. The molecule has 2 aliphatic heterocycles. The van der Waals surface area contributed by atoms with E-state index < -0.39 is 5.60 Å². The molecule has 2 heterocycles. The van der Waals surface area contributed by atoms with Gasteiger partial charge in [0, 0.05) is 24.9 Å². The number of carbonyl (C=O) groups is 2. The molecule has 0 bridgehead atoms. The minimum Gasteiger partial charge on any atom is -0.444 e. The molecule has 4 atom stereocenters. The second-order valence-corrected chi connectivity index (χ2v) is 9.98. The van der Waals surface area contributed by atoms with E-state index in [0.717, 1.165) is 19.4 Å². The van der Waals surface area contributed by atoms with E-state index in [4.69, 9.17) is 4.74 Å². The van der Waals surface area contributed by atoms with E-state index in [1.165, 1.54) is 22.3 Å². The lowest BCUT2D eigenvalue weighted by Gasteiger charge is -2.45. The van der Waals surface area contributed by atoms with Crippen LogP contribution in [0.3, 0.4) is 0 Å². The number of amides is 2. The van der Waals surface area contributed by atoms with Crippen molar-refractivity contribution in [3.63, 3.8) is 0 Å². The smallest absolute Gasteiger partial charge is 0.407 e. The SMILES string of the molecule is Cc1cc2c(cc1C)C13C[C@H](C)[C@@H](NC(=O)OC(C)(C)C)[C@@H]1CC(=O)N3CC2. The molecule has 4 rings (SSSR count). The van der Waals surface area contributed by atoms with E-state index in [1.54, 1.807) is 0 Å². The van der Waals surface area contributed by atoms with E-state index in [0.29, 0.717) is 6.42 Å². The van der Waals surface area contributed by atoms with Crippen molar-refractivity contribution in [1.82, 2.24) is 10.2 Å². The fourth-order valence-corrected chi connectivity index (χ4v) is 5.77. The molecule has 1 N–H and O–H groups in total. The number of nitrogens with zero attached hydrogens (tertiary/aromatic N) is 1. The average molecular weight is 385 g/mol. The van der Waals surface area contributed by atoms with Crippen LogP contribution in [0.1, 0.15) is 62.8 Å². The zero-order valence-corrected chi connectivity index (χ0v) is 17.9. The number of carbonyl (C=O) groups excluding carboxylic acids is 2. The Balaban J connectivity index is 1.73. The molecular weight excluding hydrogens is 352 g/mol. The van der Waals surface area contributed by atoms with Gasteiger partial charge >= 0.3 is 6.09 Å². The summed E-state index contributed by atoms with van der Waals surface area (Å²) >= 11 is 0. The predicted molar refractivity (Wildman–Crippen MR) is 108 cm³/mol. The van der Waals surface area contributed by atoms with Crippen molar-refractivity contribution in [3.05, 3.63) is 34.4 Å². The van der Waals surface area contributed by atoms with Gasteiger partial charge in [-0.05, 0) is 75.6 Å². The standard InChI is InChI=1S/C23H32N2O3/c1-13-9-16-7-8-25-19(26)11-18-20(24-21(27)28-22(4,5)6)15(3)12-23(18,25)17(16)10-14(13)2/h9-10,15,18,20H,7-8,11-12H2,1-6H3,(H,24,27)/t15-,18-,20+,23?/m0/s1. The number of nitrogens with one attached hydrogen (secondary N) is 1. The first-order chi connectivity index (χ1) is 13.0. The van der Waals surface area contributed by atoms with Gasteiger partial charge in [0.25, 0.3) is 0 Å². The molecule has 2 fully saturated rings. The molecule has 1 saturated carbocycles. The van der Waals surface area contributed by atoms with Gasteiger partial charge in [-0.1, -0.05) is 19.1 Å². The molecule has 152 valence electrons. The molecule has 1 aromatic rings. The molecule has 5 nitrogen and oxygen atoms in total. The summed E-state index contributed by atoms with van der Waals surface area (Å²) in [5.41, 5.74) is 4.42. The first kappa shape index (κ1) is 19.3. The van der Waals surface area contributed by atoms with Gasteiger partial charge in [0.2, 0.25) is 5.91 Å². The second kappa shape index (κ2) is 6.23. The van der Waals surface area contributed by atoms with Crippen LogP contribution in [0.15, 0.2) is 12.1 Å². The average Bonchev–Trinajstić information content (AvgIpc) is 2.98. The summed E-state index contributed by atoms with van der Waals surface area (Å²) in [6.07, 6.45) is 1.91. The number of aryl methyl sites for hydroxylation is 2. The van der Waals surface area contributed by atoms with Crippen molar-refractivity contribution < 1.29 is 14.3 Å². The molecule has 0 aromatic heterocycles. The highest BCUT2D eigenvalue weighted by molar-refractivity contribution is 5.82. The van der Waals surface area contributed by atoms with Crippen molar-refractivity contribution in [3.8, 4) is 0 Å². The maximum Gasteiger partial charge on any atom is 0.407 e. The highest BCUT2D eigenvalue weighted by atomic mass is 16.6. The Morgan fingerprint density at radius 2 is 1.93 bits per heavy atom. The van der Waals surface area contributed by atoms with Crippen molar-refractivity contribution >= 4 is 12.0 Å². The Labute approximate surface area is 167 Å². The lowest BCUT2D eigenvalue weighted by molar-refractivity contribution is -0.132. The number of hydrogen-bond acceptors (Lipinski definition) is 3. The molecule has 1 unspecified atom stereocenters. The third-order valence-corrected chi connectivity index (χ3v) is 6.94. The maximum absolute atomic E-state index is 12.9. The lowest BCUT2D eigenvalue weighted by Crippen LogP contribution is -2.51. The molecule has 1 aromatic carbocycles. The van der Waals surface area contributed by atoms with Crippen LogP contribution in [0.4, 0.5) is 4.79 Å². The molecule has 1 spiro atoms. The molecule has 5 heteroatoms. The summed E-state index contributed by atoms with van der Waals surface area (Å²) < 4.78 is 5.51. The summed E-state index contributed by atoms with van der Waals surface area (Å²) in [6.45, 7) is 12.9. The maximum atomic E-state index is 12.9. The number of alkyl carbamates (subject to hydrolysis) is 1. The monoisotopic (exact) mass is 384 g/mol. The Morgan fingerprint density at radius 1 is 1.25 bits per heavy atom. The van der Waals surface area contributed by atoms with Gasteiger partial charge < -0.3 is 15.0 Å². The number of hydrogen-bond donors (Lipinski definition) is 1. The van der Waals surface area contributed by atoms with Gasteiger partial charge in [-0.2, -0.15) is 0 Å². The van der Waals surface area contributed by atoms with Crippen LogP contribution in [-0.4, -0.2) is 35.1 Å². The Hall–Kier alpha value is -2.04. The summed E-state index contributed by atoms with van der Waals surface area (Å²) in [6, 6.07) is 4.54. The Morgan fingerprint density at radius 3 is 2.61 bits per heavy atom. The van der Waals surface area contributed by atoms with Gasteiger partial charge in [-0.25, -0.2) is 4.79 Å². The Kier molecular flexibility index (Phi) is 4.29. The van der Waals surface area contributed by atoms with E-state index >= 15 is 0 Å². The summed E-state index contributed by atoms with van der Waals surface area (Å²) in [5.74, 6) is 0.584. The number of benzene rings is 1. The topological polar surface area (TPSA) is 58.6 Å². The van der Waals surface area contributed by atoms with E-state index in [1.807, 2.05) is 20.8 Å². The fourth-order valence-electron chi connectivity index (χ4n) is 5.77. The van der Waals surface area contributed by atoms with Crippen molar-refractivity contribution in [2.45, 2.75) is 78.0 Å². The van der Waals surface area contributed by atoms with Crippen LogP contribution in [-0.2, 0) is 21.5 Å². The number of ether oxygens (including phenoxy) is 1. The summed E-state index contributed by atoms with van der Waals surface area (Å²) in [7, 11) is 0. The van der Waals surface area contributed by atoms with Gasteiger partial charge in [-0.15, -0.1) is 0 Å². The first-order valence-electron chi connectivity index (χ1n) is 10.4. The van der Waals surface area contributed by atoms with Crippen LogP contribution >= 0.6 is 0 Å². The molecule has 0 radical (unpaired) electrons. The molecule has 3 aliphatic rings. The van der Waals surface area contributed by atoms with Crippen LogP contribution in [0.5, 0.6) is 0 Å². The molecule has 1 aliphatic carbocycles. The minimum absolute atomic E-state index is 0.0589. The first-order valence-corrected chi connectivity index (χ1v) is 10.4. The zero-order valence-electron chi connectivity index (χ0n) is 17.9. The second-order valence-electron chi connectivity index (χ2n) is 9.98. The highest BCUT2D eigenvalue weighted by Crippen LogP contribution is 2.58.